The molecule has 0 atom stereocenters. The van der Waals surface area contributed by atoms with Crippen molar-refractivity contribution in [2.75, 3.05) is 31.1 Å². The SMILES string of the molecule is CC(=O)Cc1ccc(CN2CCC3(CC2)CN(c2ncnc4sc(CC(F)(F)F)cc24)C3)cc1. The summed E-state index contributed by atoms with van der Waals surface area (Å²) in [5.74, 6) is 0.931. The molecule has 0 N–H and O–H groups in total. The molecule has 180 valence electrons. The minimum atomic E-state index is -4.22. The van der Waals surface area contributed by atoms with Gasteiger partial charge in [-0.25, -0.2) is 9.97 Å². The molecule has 2 aromatic heterocycles. The van der Waals surface area contributed by atoms with E-state index in [-0.39, 0.29) is 16.1 Å². The van der Waals surface area contributed by atoms with Gasteiger partial charge in [-0.1, -0.05) is 24.3 Å². The fourth-order valence-electron chi connectivity index (χ4n) is 5.15. The average Bonchev–Trinajstić information content (AvgIpc) is 3.14. The van der Waals surface area contributed by atoms with Gasteiger partial charge >= 0.3 is 6.18 Å². The van der Waals surface area contributed by atoms with Gasteiger partial charge in [0, 0.05) is 36.3 Å². The average molecular weight is 489 g/mol. The summed E-state index contributed by atoms with van der Waals surface area (Å²) in [5.41, 5.74) is 2.57. The number of nitrogens with zero attached hydrogens (tertiary/aromatic N) is 4. The van der Waals surface area contributed by atoms with Crippen LogP contribution in [0, 0.1) is 5.41 Å². The maximum atomic E-state index is 12.8. The molecule has 0 saturated carbocycles. The number of hydrogen-bond acceptors (Lipinski definition) is 6. The Hall–Kier alpha value is -2.52. The van der Waals surface area contributed by atoms with Gasteiger partial charge in [0.2, 0.25) is 0 Å². The monoisotopic (exact) mass is 488 g/mol. The molecule has 1 aromatic carbocycles. The van der Waals surface area contributed by atoms with E-state index >= 15 is 0 Å². The van der Waals surface area contributed by atoms with E-state index < -0.39 is 12.6 Å². The van der Waals surface area contributed by atoms with E-state index in [0.717, 1.165) is 73.7 Å². The fourth-order valence-corrected chi connectivity index (χ4v) is 6.17. The molecule has 1 spiro atoms. The highest BCUT2D eigenvalue weighted by molar-refractivity contribution is 7.18. The number of rotatable bonds is 6. The minimum absolute atomic E-state index is 0.173. The lowest BCUT2D eigenvalue weighted by Crippen LogP contribution is -2.60. The number of Topliss-reactive ketones (excluding diaryl/α,β-unsaturated/α-hetero) is 1. The van der Waals surface area contributed by atoms with Gasteiger partial charge in [0.1, 0.15) is 22.8 Å². The maximum Gasteiger partial charge on any atom is 0.393 e. The largest absolute Gasteiger partial charge is 0.393 e. The van der Waals surface area contributed by atoms with E-state index in [9.17, 15) is 18.0 Å². The Morgan fingerprint density at radius 3 is 2.41 bits per heavy atom. The third kappa shape index (κ3) is 5.10. The molecule has 0 unspecified atom stereocenters. The van der Waals surface area contributed by atoms with Gasteiger partial charge in [-0.2, -0.15) is 13.2 Å². The van der Waals surface area contributed by atoms with Crippen molar-refractivity contribution in [1.82, 2.24) is 14.9 Å². The van der Waals surface area contributed by atoms with Crippen molar-refractivity contribution < 1.29 is 18.0 Å². The number of ketones is 1. The molecule has 0 amide bonds. The number of thiophene rings is 1. The number of halogens is 3. The molecule has 0 aliphatic carbocycles. The maximum absolute atomic E-state index is 12.8. The Kier molecular flexibility index (Phi) is 6.10. The summed E-state index contributed by atoms with van der Waals surface area (Å²) in [6.45, 7) is 6.34. The summed E-state index contributed by atoms with van der Waals surface area (Å²) < 4.78 is 38.5. The van der Waals surface area contributed by atoms with Gasteiger partial charge in [0.25, 0.3) is 0 Å². The number of benzene rings is 1. The number of likely N-dealkylation sites (tertiary alicyclic amines) is 1. The van der Waals surface area contributed by atoms with Crippen LogP contribution in [0.2, 0.25) is 0 Å². The Bertz CT molecular complexity index is 1180. The number of piperidine rings is 1. The lowest BCUT2D eigenvalue weighted by molar-refractivity contribution is -0.126. The quantitative estimate of drug-likeness (QED) is 0.487. The number of carbonyl (C=O) groups is 1. The predicted molar refractivity (Wildman–Crippen MR) is 127 cm³/mol. The number of fused-ring (bicyclic) bond motifs is 1. The molecule has 2 aliphatic heterocycles. The number of anilines is 1. The third-order valence-electron chi connectivity index (χ3n) is 6.89. The zero-order valence-corrected chi connectivity index (χ0v) is 19.9. The second kappa shape index (κ2) is 8.92. The van der Waals surface area contributed by atoms with Gasteiger partial charge in [-0.15, -0.1) is 11.3 Å². The van der Waals surface area contributed by atoms with Crippen molar-refractivity contribution in [3.05, 3.63) is 52.7 Å². The van der Waals surface area contributed by atoms with Crippen LogP contribution in [0.5, 0.6) is 0 Å². The molecule has 4 heterocycles. The van der Waals surface area contributed by atoms with Crippen LogP contribution in [0.4, 0.5) is 19.0 Å². The first-order chi connectivity index (χ1) is 16.2. The number of aromatic nitrogens is 2. The van der Waals surface area contributed by atoms with Gasteiger partial charge in [-0.3, -0.25) is 9.69 Å². The molecule has 2 fully saturated rings. The van der Waals surface area contributed by atoms with Crippen molar-refractivity contribution in [2.45, 2.75) is 45.3 Å². The molecule has 9 heteroatoms. The van der Waals surface area contributed by atoms with Gasteiger partial charge in [0.05, 0.1) is 11.8 Å². The molecular formula is C25H27F3N4OS. The molecule has 0 bridgehead atoms. The predicted octanol–water partition coefficient (Wildman–Crippen LogP) is 5.03. The van der Waals surface area contributed by atoms with Crippen molar-refractivity contribution in [2.24, 2.45) is 5.41 Å². The number of carbonyl (C=O) groups excluding carboxylic acids is 1. The summed E-state index contributed by atoms with van der Waals surface area (Å²) in [6, 6.07) is 9.92. The first kappa shape index (κ1) is 23.2. The number of alkyl halides is 3. The van der Waals surface area contributed by atoms with Gasteiger partial charge in [0.15, 0.2) is 0 Å². The topological polar surface area (TPSA) is 49.3 Å². The van der Waals surface area contributed by atoms with Crippen molar-refractivity contribution >= 4 is 33.2 Å². The van der Waals surface area contributed by atoms with Crippen molar-refractivity contribution in [3.8, 4) is 0 Å². The number of hydrogen-bond donors (Lipinski definition) is 0. The first-order valence-electron chi connectivity index (χ1n) is 11.5. The summed E-state index contributed by atoms with van der Waals surface area (Å²) in [6.07, 6.45) is -1.00. The molecule has 5 rings (SSSR count). The second-order valence-corrected chi connectivity index (χ2v) is 10.9. The molecule has 2 aliphatic rings. The van der Waals surface area contributed by atoms with E-state index in [1.165, 1.54) is 11.9 Å². The van der Waals surface area contributed by atoms with E-state index in [1.807, 2.05) is 12.1 Å². The summed E-state index contributed by atoms with van der Waals surface area (Å²) >= 11 is 1.10. The molecule has 2 saturated heterocycles. The van der Waals surface area contributed by atoms with Crippen LogP contribution in [0.25, 0.3) is 10.2 Å². The van der Waals surface area contributed by atoms with E-state index in [4.69, 9.17) is 0 Å². The Morgan fingerprint density at radius 2 is 1.76 bits per heavy atom. The van der Waals surface area contributed by atoms with Crippen LogP contribution < -0.4 is 4.90 Å². The highest BCUT2D eigenvalue weighted by Crippen LogP contribution is 2.44. The highest BCUT2D eigenvalue weighted by atomic mass is 32.1. The van der Waals surface area contributed by atoms with Crippen LogP contribution in [0.1, 0.15) is 35.8 Å². The summed E-state index contributed by atoms with van der Waals surface area (Å²) in [7, 11) is 0. The first-order valence-corrected chi connectivity index (χ1v) is 12.3. The van der Waals surface area contributed by atoms with E-state index in [0.29, 0.717) is 11.3 Å². The Labute approximate surface area is 200 Å². The third-order valence-corrected chi connectivity index (χ3v) is 7.93. The smallest absolute Gasteiger partial charge is 0.355 e. The lowest BCUT2D eigenvalue weighted by atomic mass is 9.72. The van der Waals surface area contributed by atoms with Crippen LogP contribution in [0.3, 0.4) is 0 Å². The molecular weight excluding hydrogens is 461 g/mol. The molecule has 5 nitrogen and oxygen atoms in total. The van der Waals surface area contributed by atoms with Crippen molar-refractivity contribution in [3.63, 3.8) is 0 Å². The van der Waals surface area contributed by atoms with Crippen molar-refractivity contribution in [1.29, 1.82) is 0 Å². The zero-order valence-electron chi connectivity index (χ0n) is 19.1. The summed E-state index contributed by atoms with van der Waals surface area (Å²) in [4.78, 5) is 25.5. The zero-order chi connectivity index (χ0) is 23.9. The van der Waals surface area contributed by atoms with Crippen LogP contribution in [-0.2, 0) is 24.2 Å². The molecule has 34 heavy (non-hydrogen) atoms. The second-order valence-electron chi connectivity index (χ2n) is 9.75. The van der Waals surface area contributed by atoms with Crippen LogP contribution >= 0.6 is 11.3 Å². The summed E-state index contributed by atoms with van der Waals surface area (Å²) in [5, 5.41) is 0.729. The molecule has 0 radical (unpaired) electrons. The Morgan fingerprint density at radius 1 is 1.09 bits per heavy atom. The van der Waals surface area contributed by atoms with E-state index in [1.54, 1.807) is 13.0 Å². The lowest BCUT2D eigenvalue weighted by Gasteiger charge is -2.54. The molecule has 3 aromatic rings. The fraction of sp³-hybridized carbons (Fsp3) is 0.480. The van der Waals surface area contributed by atoms with Crippen LogP contribution in [-0.4, -0.2) is 53.0 Å². The highest BCUT2D eigenvalue weighted by Gasteiger charge is 2.45. The van der Waals surface area contributed by atoms with Gasteiger partial charge in [-0.05, 0) is 50.0 Å². The van der Waals surface area contributed by atoms with E-state index in [2.05, 4.69) is 31.9 Å². The standard InChI is InChI=1S/C25H27F3N4OS/c1-17(33)10-18-2-4-19(5-3-18)13-31-8-6-24(7-9-31)14-32(15-24)22-21-11-20(12-25(26,27)28)34-23(21)30-16-29-22/h2-5,11,16H,6-10,12-15H2,1H3. The van der Waals surface area contributed by atoms with Gasteiger partial charge < -0.3 is 4.90 Å². The minimum Gasteiger partial charge on any atom is -0.355 e. The Balaban J connectivity index is 1.17. The normalized spacial score (nSPS) is 18.4. The van der Waals surface area contributed by atoms with Crippen LogP contribution in [0.15, 0.2) is 36.7 Å².